The fourth-order valence-corrected chi connectivity index (χ4v) is 7.78. The normalized spacial score (nSPS) is 18.9. The summed E-state index contributed by atoms with van der Waals surface area (Å²) in [6.45, 7) is 7.59. The monoisotopic (exact) mass is 681 g/mol. The summed E-state index contributed by atoms with van der Waals surface area (Å²) >= 11 is 6.16. The minimum atomic E-state index is -0.990. The van der Waals surface area contributed by atoms with Crippen molar-refractivity contribution in [1.82, 2.24) is 24.7 Å². The van der Waals surface area contributed by atoms with E-state index in [9.17, 15) is 9.00 Å². The van der Waals surface area contributed by atoms with Crippen LogP contribution < -0.4 is 10.6 Å². The Morgan fingerprint density at radius 3 is 2.43 bits per heavy atom. The van der Waals surface area contributed by atoms with Crippen LogP contribution in [0.5, 0.6) is 0 Å². The number of halogens is 2. The Bertz CT molecular complexity index is 1470. The van der Waals surface area contributed by atoms with Gasteiger partial charge in [-0.25, -0.2) is 12.9 Å². The molecule has 5 rings (SSSR count). The smallest absolute Gasteiger partial charge is 0.240 e. The van der Waals surface area contributed by atoms with Gasteiger partial charge in [0.2, 0.25) is 5.91 Å². The summed E-state index contributed by atoms with van der Waals surface area (Å²) in [4.78, 5) is 18.4. The Labute approximate surface area is 287 Å². The van der Waals surface area contributed by atoms with E-state index in [1.54, 1.807) is 12.3 Å². The van der Waals surface area contributed by atoms with E-state index in [1.165, 1.54) is 17.2 Å². The molecule has 4 atom stereocenters. The highest BCUT2D eigenvalue weighted by Gasteiger charge is 2.32. The van der Waals surface area contributed by atoms with Crippen molar-refractivity contribution in [2.45, 2.75) is 63.7 Å². The lowest BCUT2D eigenvalue weighted by Crippen LogP contribution is -2.56. The molecule has 2 aliphatic heterocycles. The molecule has 2 N–H and O–H groups in total. The topological polar surface area (TPSA) is 67.9 Å². The number of benzene rings is 3. The van der Waals surface area contributed by atoms with Gasteiger partial charge in [0.25, 0.3) is 0 Å². The highest BCUT2D eigenvalue weighted by atomic mass is 35.5. The summed E-state index contributed by atoms with van der Waals surface area (Å²) in [6.07, 6.45) is 5.83. The molecule has 3 aromatic carbocycles. The number of unbranched alkanes of at least 4 members (excludes halogenated alkanes) is 1. The first-order valence-electron chi connectivity index (χ1n) is 17.0. The van der Waals surface area contributed by atoms with Gasteiger partial charge in [0.15, 0.2) is 0 Å². The standard InChI is InChI=1S/C37H49ClFN5O2S/c1-3-44(47(2)46)19-9-8-14-36(33-12-6-7-13-34(33)39)42-20-22-43(23-21-42)37(45)35(24-28-15-17-31(38)18-16-28)41-27-32-25-29-10-4-5-11-30(29)26-40-32/h4-7,10-13,15-18,32,35-36,40-41H,3,8-9,14,19-27H2,1-2H3/t32-,35-,36?,47?/m1/s1. The Kier molecular flexibility index (Phi) is 13.4. The first-order chi connectivity index (χ1) is 22.8. The molecule has 0 bridgehead atoms. The lowest BCUT2D eigenvalue weighted by molar-refractivity contribution is -0.135. The van der Waals surface area contributed by atoms with E-state index in [1.807, 2.05) is 52.5 Å². The lowest BCUT2D eigenvalue weighted by atomic mass is 9.95. The second kappa shape index (κ2) is 17.7. The maximum Gasteiger partial charge on any atom is 0.240 e. The van der Waals surface area contributed by atoms with Crippen LogP contribution in [0, 0.1) is 5.82 Å². The number of amides is 1. The highest BCUT2D eigenvalue weighted by Crippen LogP contribution is 2.30. The molecule has 7 nitrogen and oxygen atoms in total. The molecule has 254 valence electrons. The van der Waals surface area contributed by atoms with Crippen molar-refractivity contribution in [1.29, 1.82) is 0 Å². The Morgan fingerprint density at radius 2 is 1.72 bits per heavy atom. The van der Waals surface area contributed by atoms with Crippen LogP contribution in [-0.2, 0) is 35.2 Å². The van der Waals surface area contributed by atoms with Gasteiger partial charge in [-0.3, -0.25) is 9.69 Å². The second-order valence-corrected chi connectivity index (χ2v) is 14.5. The van der Waals surface area contributed by atoms with Gasteiger partial charge in [0.05, 0.1) is 17.0 Å². The first kappa shape index (κ1) is 35.6. The van der Waals surface area contributed by atoms with Gasteiger partial charge in [0, 0.05) is 81.3 Å². The number of rotatable bonds is 15. The van der Waals surface area contributed by atoms with Crippen molar-refractivity contribution in [3.05, 3.63) is 106 Å². The highest BCUT2D eigenvalue weighted by molar-refractivity contribution is 7.81. The molecule has 0 radical (unpaired) electrons. The Morgan fingerprint density at radius 1 is 1.02 bits per heavy atom. The maximum atomic E-state index is 15.1. The third-order valence-electron chi connectivity index (χ3n) is 9.61. The van der Waals surface area contributed by atoms with Crippen molar-refractivity contribution in [2.75, 3.05) is 52.1 Å². The fourth-order valence-electron chi connectivity index (χ4n) is 6.90. The van der Waals surface area contributed by atoms with Crippen LogP contribution in [0.4, 0.5) is 4.39 Å². The van der Waals surface area contributed by atoms with Crippen LogP contribution in [0.25, 0.3) is 0 Å². The van der Waals surface area contributed by atoms with Gasteiger partial charge >= 0.3 is 0 Å². The van der Waals surface area contributed by atoms with Crippen molar-refractivity contribution < 1.29 is 13.4 Å². The molecule has 0 aromatic heterocycles. The molecule has 2 aliphatic rings. The van der Waals surface area contributed by atoms with Crippen LogP contribution >= 0.6 is 11.6 Å². The summed E-state index contributed by atoms with van der Waals surface area (Å²) in [5.74, 6) is -0.0856. The second-order valence-electron chi connectivity index (χ2n) is 12.7. The molecule has 2 heterocycles. The fraction of sp³-hybridized carbons (Fsp3) is 0.486. The molecule has 47 heavy (non-hydrogen) atoms. The lowest BCUT2D eigenvalue weighted by Gasteiger charge is -2.41. The molecule has 10 heteroatoms. The zero-order valence-corrected chi connectivity index (χ0v) is 29.2. The van der Waals surface area contributed by atoms with E-state index in [4.69, 9.17) is 11.6 Å². The number of nitrogens with zero attached hydrogens (tertiary/aromatic N) is 3. The predicted octanol–water partition coefficient (Wildman–Crippen LogP) is 5.37. The molecule has 2 unspecified atom stereocenters. The summed E-state index contributed by atoms with van der Waals surface area (Å²) < 4.78 is 29.0. The zero-order chi connectivity index (χ0) is 33.2. The number of hydrogen-bond donors (Lipinski definition) is 2. The molecule has 1 saturated heterocycles. The van der Waals surface area contributed by atoms with E-state index >= 15 is 4.39 Å². The Balaban J connectivity index is 1.22. The number of fused-ring (bicyclic) bond motifs is 1. The van der Waals surface area contributed by atoms with Crippen molar-refractivity contribution in [3.8, 4) is 0 Å². The SMILES string of the molecule is CCN(CCCCC(c1ccccc1F)N1CCN(C(=O)[C@@H](Cc2ccc(Cl)cc2)NC[C@H]2Cc3ccccc3CN2)CC1)S(C)=O. The molecule has 1 amide bonds. The molecular weight excluding hydrogens is 633 g/mol. The molecule has 3 aromatic rings. The van der Waals surface area contributed by atoms with Gasteiger partial charge in [-0.1, -0.05) is 79.5 Å². The van der Waals surface area contributed by atoms with E-state index in [0.29, 0.717) is 49.7 Å². The van der Waals surface area contributed by atoms with Crippen LogP contribution in [-0.4, -0.2) is 88.4 Å². The number of carbonyl (C=O) groups is 1. The third kappa shape index (κ3) is 9.94. The average molecular weight is 682 g/mol. The van der Waals surface area contributed by atoms with Crippen molar-refractivity contribution in [3.63, 3.8) is 0 Å². The van der Waals surface area contributed by atoms with Crippen LogP contribution in [0.15, 0.2) is 72.8 Å². The maximum absolute atomic E-state index is 15.1. The number of hydrogen-bond acceptors (Lipinski definition) is 5. The van der Waals surface area contributed by atoms with Crippen molar-refractivity contribution >= 4 is 28.5 Å². The van der Waals surface area contributed by atoms with Crippen LogP contribution in [0.2, 0.25) is 5.02 Å². The van der Waals surface area contributed by atoms with Crippen LogP contribution in [0.1, 0.15) is 54.5 Å². The molecular formula is C37H49ClFN5O2S. The van der Waals surface area contributed by atoms with E-state index < -0.39 is 11.0 Å². The minimum Gasteiger partial charge on any atom is -0.339 e. The molecule has 0 aliphatic carbocycles. The van der Waals surface area contributed by atoms with Gasteiger partial charge in [-0.05, 0) is 60.6 Å². The van der Waals surface area contributed by atoms with Crippen LogP contribution in [0.3, 0.4) is 0 Å². The average Bonchev–Trinajstić information content (AvgIpc) is 3.09. The summed E-state index contributed by atoms with van der Waals surface area (Å²) in [5.41, 5.74) is 4.48. The minimum absolute atomic E-state index is 0.0705. The quantitative estimate of drug-likeness (QED) is 0.212. The first-order valence-corrected chi connectivity index (χ1v) is 18.9. The zero-order valence-electron chi connectivity index (χ0n) is 27.7. The third-order valence-corrected chi connectivity index (χ3v) is 11.0. The number of nitrogens with one attached hydrogen (secondary N) is 2. The van der Waals surface area contributed by atoms with E-state index in [0.717, 1.165) is 50.9 Å². The van der Waals surface area contributed by atoms with Gasteiger partial charge in [0.1, 0.15) is 5.82 Å². The van der Waals surface area contributed by atoms with E-state index in [-0.39, 0.29) is 29.8 Å². The predicted molar refractivity (Wildman–Crippen MR) is 190 cm³/mol. The number of piperazine rings is 1. The summed E-state index contributed by atoms with van der Waals surface area (Å²) in [7, 11) is -0.990. The largest absolute Gasteiger partial charge is 0.339 e. The molecule has 1 fully saturated rings. The Hall–Kier alpha value is -2.66. The summed E-state index contributed by atoms with van der Waals surface area (Å²) in [5, 5.41) is 7.94. The van der Waals surface area contributed by atoms with Gasteiger partial charge in [-0.15, -0.1) is 0 Å². The van der Waals surface area contributed by atoms with Gasteiger partial charge in [-0.2, -0.15) is 0 Å². The van der Waals surface area contributed by atoms with Crippen molar-refractivity contribution in [2.24, 2.45) is 0 Å². The van der Waals surface area contributed by atoms with E-state index in [2.05, 4.69) is 39.8 Å². The molecule has 0 saturated carbocycles. The molecule has 0 spiro atoms. The number of carbonyl (C=O) groups excluding carboxylic acids is 1. The van der Waals surface area contributed by atoms with Gasteiger partial charge < -0.3 is 15.5 Å². The summed E-state index contributed by atoms with van der Waals surface area (Å²) in [6, 6.07) is 23.1.